The van der Waals surface area contributed by atoms with Gasteiger partial charge in [0.2, 0.25) is 0 Å². The second-order valence-electron chi connectivity index (χ2n) is 4.77. The Morgan fingerprint density at radius 2 is 1.67 bits per heavy atom. The minimum absolute atomic E-state index is 0.340. The van der Waals surface area contributed by atoms with Gasteiger partial charge in [0.25, 0.3) is 0 Å². The second-order valence-corrected chi connectivity index (χ2v) is 4.77. The molecule has 0 aliphatic heterocycles. The van der Waals surface area contributed by atoms with Crippen LogP contribution < -0.4 is 5.32 Å². The molecule has 2 aromatic carbocycles. The number of benzene rings is 2. The van der Waals surface area contributed by atoms with Crippen molar-refractivity contribution in [2.24, 2.45) is 0 Å². The van der Waals surface area contributed by atoms with Crippen molar-refractivity contribution in [1.29, 1.82) is 0 Å². The maximum absolute atomic E-state index is 9.47. The highest BCUT2D eigenvalue weighted by Crippen LogP contribution is 2.20. The van der Waals surface area contributed by atoms with E-state index in [0.29, 0.717) is 5.75 Å². The van der Waals surface area contributed by atoms with Crippen LogP contribution in [0.4, 0.5) is 5.69 Å². The van der Waals surface area contributed by atoms with E-state index in [1.807, 2.05) is 19.1 Å². The molecular weight excluding hydrogens is 222 g/mol. The maximum Gasteiger partial charge on any atom is 0.118 e. The molecule has 2 heteroatoms. The van der Waals surface area contributed by atoms with Crippen molar-refractivity contribution in [2.45, 2.75) is 27.3 Å². The summed E-state index contributed by atoms with van der Waals surface area (Å²) < 4.78 is 0. The number of aromatic hydroxyl groups is 1. The molecule has 0 heterocycles. The van der Waals surface area contributed by atoms with Gasteiger partial charge in [-0.3, -0.25) is 0 Å². The Labute approximate surface area is 108 Å². The summed E-state index contributed by atoms with van der Waals surface area (Å²) in [5.41, 5.74) is 5.82. The monoisotopic (exact) mass is 241 g/mol. The van der Waals surface area contributed by atoms with Crippen LogP contribution in [-0.2, 0) is 6.54 Å². The third-order valence-electron chi connectivity index (χ3n) is 3.26. The summed E-state index contributed by atoms with van der Waals surface area (Å²) in [5.74, 6) is 0.340. The van der Waals surface area contributed by atoms with Crippen molar-refractivity contribution in [3.8, 4) is 5.75 Å². The number of hydrogen-bond acceptors (Lipinski definition) is 2. The Balaban J connectivity index is 2.06. The van der Waals surface area contributed by atoms with Gasteiger partial charge in [0.15, 0.2) is 0 Å². The van der Waals surface area contributed by atoms with Gasteiger partial charge in [0.1, 0.15) is 5.75 Å². The van der Waals surface area contributed by atoms with Crippen LogP contribution in [-0.4, -0.2) is 5.11 Å². The van der Waals surface area contributed by atoms with Gasteiger partial charge in [-0.2, -0.15) is 0 Å². The molecule has 0 aliphatic rings. The molecule has 2 aromatic rings. The van der Waals surface area contributed by atoms with Crippen LogP contribution in [0.1, 0.15) is 22.3 Å². The normalized spacial score (nSPS) is 10.4. The first-order valence-corrected chi connectivity index (χ1v) is 6.16. The first kappa shape index (κ1) is 12.5. The van der Waals surface area contributed by atoms with Crippen LogP contribution in [0.2, 0.25) is 0 Å². The molecule has 2 rings (SSSR count). The largest absolute Gasteiger partial charge is 0.508 e. The zero-order chi connectivity index (χ0) is 13.1. The van der Waals surface area contributed by atoms with Gasteiger partial charge in [-0.15, -0.1) is 0 Å². The average Bonchev–Trinajstić information content (AvgIpc) is 2.35. The van der Waals surface area contributed by atoms with Crippen LogP contribution in [0.5, 0.6) is 5.75 Å². The van der Waals surface area contributed by atoms with Gasteiger partial charge in [-0.1, -0.05) is 18.2 Å². The van der Waals surface area contributed by atoms with Crippen molar-refractivity contribution in [3.63, 3.8) is 0 Å². The zero-order valence-corrected chi connectivity index (χ0v) is 11.1. The van der Waals surface area contributed by atoms with Crippen LogP contribution in [0, 0.1) is 20.8 Å². The fourth-order valence-electron chi connectivity index (χ4n) is 1.88. The molecule has 0 saturated carbocycles. The lowest BCUT2D eigenvalue weighted by Gasteiger charge is -2.09. The fraction of sp³-hybridized carbons (Fsp3) is 0.250. The van der Waals surface area contributed by atoms with E-state index in [1.54, 1.807) is 6.07 Å². The third kappa shape index (κ3) is 2.83. The molecule has 0 spiro atoms. The highest BCUT2D eigenvalue weighted by molar-refractivity contribution is 5.50. The Kier molecular flexibility index (Phi) is 3.56. The van der Waals surface area contributed by atoms with Crippen LogP contribution in [0.25, 0.3) is 0 Å². The molecule has 0 saturated heterocycles. The topological polar surface area (TPSA) is 32.3 Å². The minimum Gasteiger partial charge on any atom is -0.508 e. The molecule has 0 aliphatic carbocycles. The summed E-state index contributed by atoms with van der Waals surface area (Å²) in [7, 11) is 0. The van der Waals surface area contributed by atoms with Crippen molar-refractivity contribution in [3.05, 3.63) is 58.7 Å². The van der Waals surface area contributed by atoms with Gasteiger partial charge in [0.05, 0.1) is 0 Å². The van der Waals surface area contributed by atoms with E-state index in [2.05, 4.69) is 37.4 Å². The number of nitrogens with one attached hydrogen (secondary N) is 1. The van der Waals surface area contributed by atoms with Crippen LogP contribution in [0.3, 0.4) is 0 Å². The Morgan fingerprint density at radius 3 is 2.33 bits per heavy atom. The van der Waals surface area contributed by atoms with Crippen molar-refractivity contribution in [2.75, 3.05) is 5.32 Å². The molecule has 0 fully saturated rings. The average molecular weight is 241 g/mol. The minimum atomic E-state index is 0.340. The van der Waals surface area contributed by atoms with Crippen molar-refractivity contribution < 1.29 is 5.11 Å². The second kappa shape index (κ2) is 5.13. The highest BCUT2D eigenvalue weighted by atomic mass is 16.3. The molecular formula is C16H19NO. The van der Waals surface area contributed by atoms with Gasteiger partial charge in [0, 0.05) is 12.2 Å². The molecule has 0 amide bonds. The standard InChI is InChI=1S/C16H19NO/c1-11-4-5-14(8-12(11)2)10-17-15-6-7-16(18)13(3)9-15/h4-9,17-18H,10H2,1-3H3. The van der Waals surface area contributed by atoms with E-state index in [9.17, 15) is 5.11 Å². The van der Waals surface area contributed by atoms with Crippen LogP contribution in [0.15, 0.2) is 36.4 Å². The number of hydrogen-bond donors (Lipinski definition) is 2. The lowest BCUT2D eigenvalue weighted by Crippen LogP contribution is -2.00. The summed E-state index contributed by atoms with van der Waals surface area (Å²) in [6, 6.07) is 12.1. The molecule has 18 heavy (non-hydrogen) atoms. The summed E-state index contributed by atoms with van der Waals surface area (Å²) in [6.45, 7) is 6.95. The molecule has 0 atom stereocenters. The number of rotatable bonds is 3. The van der Waals surface area contributed by atoms with E-state index >= 15 is 0 Å². The molecule has 0 radical (unpaired) electrons. The summed E-state index contributed by atoms with van der Waals surface area (Å²) >= 11 is 0. The summed E-state index contributed by atoms with van der Waals surface area (Å²) in [6.07, 6.45) is 0. The predicted molar refractivity (Wildman–Crippen MR) is 76.1 cm³/mol. The highest BCUT2D eigenvalue weighted by Gasteiger charge is 1.99. The molecule has 0 bridgehead atoms. The van der Waals surface area contributed by atoms with E-state index in [4.69, 9.17) is 0 Å². The first-order chi connectivity index (χ1) is 8.56. The summed E-state index contributed by atoms with van der Waals surface area (Å²) in [4.78, 5) is 0. The summed E-state index contributed by atoms with van der Waals surface area (Å²) in [5, 5.41) is 12.8. The van der Waals surface area contributed by atoms with E-state index in [0.717, 1.165) is 17.8 Å². The number of anilines is 1. The lowest BCUT2D eigenvalue weighted by atomic mass is 10.1. The number of phenolic OH excluding ortho intramolecular Hbond substituents is 1. The third-order valence-corrected chi connectivity index (χ3v) is 3.26. The Bertz CT molecular complexity index is 510. The van der Waals surface area contributed by atoms with E-state index in [1.165, 1.54) is 16.7 Å². The van der Waals surface area contributed by atoms with Crippen molar-refractivity contribution >= 4 is 5.69 Å². The van der Waals surface area contributed by atoms with Crippen molar-refractivity contribution in [1.82, 2.24) is 0 Å². The number of aryl methyl sites for hydroxylation is 3. The molecule has 0 unspecified atom stereocenters. The van der Waals surface area contributed by atoms with E-state index in [-0.39, 0.29) is 0 Å². The smallest absolute Gasteiger partial charge is 0.118 e. The maximum atomic E-state index is 9.47. The SMILES string of the molecule is Cc1ccc(CNc2ccc(O)c(C)c2)cc1C. The molecule has 0 aromatic heterocycles. The first-order valence-electron chi connectivity index (χ1n) is 6.16. The zero-order valence-electron chi connectivity index (χ0n) is 11.1. The van der Waals surface area contributed by atoms with E-state index < -0.39 is 0 Å². The fourth-order valence-corrected chi connectivity index (χ4v) is 1.88. The van der Waals surface area contributed by atoms with Gasteiger partial charge in [-0.25, -0.2) is 0 Å². The molecule has 2 N–H and O–H groups in total. The van der Waals surface area contributed by atoms with Gasteiger partial charge in [-0.05, 0) is 61.2 Å². The van der Waals surface area contributed by atoms with Gasteiger partial charge < -0.3 is 10.4 Å². The molecule has 94 valence electrons. The Hall–Kier alpha value is -1.96. The molecule has 2 nitrogen and oxygen atoms in total. The number of phenols is 1. The Morgan fingerprint density at radius 1 is 0.889 bits per heavy atom. The lowest BCUT2D eigenvalue weighted by molar-refractivity contribution is 0.471. The predicted octanol–water partition coefficient (Wildman–Crippen LogP) is 3.93. The van der Waals surface area contributed by atoms with Gasteiger partial charge >= 0.3 is 0 Å². The quantitative estimate of drug-likeness (QED) is 0.798. The van der Waals surface area contributed by atoms with Crippen LogP contribution >= 0.6 is 0 Å².